The van der Waals surface area contributed by atoms with Gasteiger partial charge in [-0.3, -0.25) is 4.79 Å². The van der Waals surface area contributed by atoms with Crippen LogP contribution in [0.4, 0.5) is 5.69 Å². The fraction of sp³-hybridized carbons (Fsp3) is 0.379. The Morgan fingerprint density at radius 1 is 1.08 bits per heavy atom. The first kappa shape index (κ1) is 26.1. The van der Waals surface area contributed by atoms with E-state index in [0.717, 1.165) is 53.0 Å². The number of fused-ring (bicyclic) bond motifs is 1. The zero-order valence-electron chi connectivity index (χ0n) is 21.9. The zero-order chi connectivity index (χ0) is 26.6. The number of nitrogens with zero attached hydrogens (tertiary/aromatic N) is 4. The van der Waals surface area contributed by atoms with Gasteiger partial charge in [0.15, 0.2) is 5.65 Å². The Morgan fingerprint density at radius 2 is 1.82 bits per heavy atom. The van der Waals surface area contributed by atoms with E-state index in [1.807, 2.05) is 48.7 Å². The van der Waals surface area contributed by atoms with Crippen LogP contribution in [-0.4, -0.2) is 53.8 Å². The van der Waals surface area contributed by atoms with Crippen LogP contribution in [-0.2, 0) is 14.3 Å². The summed E-state index contributed by atoms with van der Waals surface area (Å²) in [6.07, 6.45) is 7.44. The van der Waals surface area contributed by atoms with Crippen LogP contribution in [0.5, 0.6) is 0 Å². The Kier molecular flexibility index (Phi) is 7.85. The normalized spacial score (nSPS) is 17.4. The highest BCUT2D eigenvalue weighted by Gasteiger charge is 2.32. The number of carbonyl (C=O) groups is 2. The summed E-state index contributed by atoms with van der Waals surface area (Å²) in [5.74, 6) is 0.206. The Bertz CT molecular complexity index is 1390. The van der Waals surface area contributed by atoms with Crippen molar-refractivity contribution in [2.45, 2.75) is 32.6 Å². The fourth-order valence-corrected chi connectivity index (χ4v) is 6.08. The van der Waals surface area contributed by atoms with E-state index in [-0.39, 0.29) is 11.8 Å². The maximum Gasteiger partial charge on any atom is 0.350 e. The van der Waals surface area contributed by atoms with Crippen LogP contribution in [0.25, 0.3) is 27.3 Å². The van der Waals surface area contributed by atoms with E-state index >= 15 is 0 Å². The molecule has 4 aromatic rings. The zero-order valence-corrected chi connectivity index (χ0v) is 22.7. The lowest BCUT2D eigenvalue weighted by Gasteiger charge is -2.31. The van der Waals surface area contributed by atoms with Crippen molar-refractivity contribution in [2.24, 2.45) is 11.8 Å². The van der Waals surface area contributed by atoms with Gasteiger partial charge in [0.2, 0.25) is 5.91 Å². The van der Waals surface area contributed by atoms with Gasteiger partial charge in [-0.1, -0.05) is 31.2 Å². The molecule has 1 aliphatic rings. The quantitative estimate of drug-likeness (QED) is 0.270. The molecule has 0 saturated heterocycles. The molecule has 1 saturated carbocycles. The minimum atomic E-state index is -0.447. The van der Waals surface area contributed by atoms with Crippen molar-refractivity contribution >= 4 is 34.5 Å². The van der Waals surface area contributed by atoms with Crippen molar-refractivity contribution in [3.05, 3.63) is 59.7 Å². The molecular formula is C29H32N4O4S. The fourth-order valence-electron chi connectivity index (χ4n) is 5.00. The standard InChI is InChI=1S/C29H32N4O4S/c1-19-5-7-22(8-6-19)28(34)32(15-16-36-2)24-18-25(38-27(24)29(35)37-3)21-11-9-20(10-12-21)23-17-26-30-13-4-14-33(26)31-23/h4,9-14,17-19,22H,5-8,15-16H2,1-3H3. The SMILES string of the molecule is COCCN(C(=O)C1CCC(C)CC1)c1cc(-c2ccc(-c3cc4ncccn4n3)cc2)sc1C(=O)OC. The molecule has 8 nitrogen and oxygen atoms in total. The maximum atomic E-state index is 13.7. The Hall–Kier alpha value is -3.56. The molecule has 0 unspecified atom stereocenters. The number of hydrogen-bond donors (Lipinski definition) is 0. The van der Waals surface area contributed by atoms with E-state index < -0.39 is 5.97 Å². The highest BCUT2D eigenvalue weighted by atomic mass is 32.1. The van der Waals surface area contributed by atoms with E-state index in [2.05, 4.69) is 17.0 Å². The van der Waals surface area contributed by atoms with Gasteiger partial charge in [-0.25, -0.2) is 14.3 Å². The lowest BCUT2D eigenvalue weighted by atomic mass is 9.82. The average Bonchev–Trinajstić information content (AvgIpc) is 3.58. The van der Waals surface area contributed by atoms with Gasteiger partial charge in [0.05, 0.1) is 25.1 Å². The Balaban J connectivity index is 1.47. The summed E-state index contributed by atoms with van der Waals surface area (Å²) in [6, 6.07) is 13.7. The number of methoxy groups -OCH3 is 2. The molecule has 3 heterocycles. The van der Waals surface area contributed by atoms with Crippen LogP contribution in [0.3, 0.4) is 0 Å². The highest BCUT2D eigenvalue weighted by Crippen LogP contribution is 2.40. The van der Waals surface area contributed by atoms with Crippen LogP contribution in [0.15, 0.2) is 54.9 Å². The third-order valence-electron chi connectivity index (χ3n) is 7.23. The molecular weight excluding hydrogens is 500 g/mol. The number of ether oxygens (including phenoxy) is 2. The number of amides is 1. The molecule has 1 aromatic carbocycles. The number of carbonyl (C=O) groups excluding carboxylic acids is 2. The second-order valence-corrected chi connectivity index (χ2v) is 10.8. The number of thiophene rings is 1. The Labute approximate surface area is 226 Å². The largest absolute Gasteiger partial charge is 0.465 e. The number of hydrogen-bond acceptors (Lipinski definition) is 7. The van der Waals surface area contributed by atoms with Gasteiger partial charge >= 0.3 is 5.97 Å². The molecule has 0 spiro atoms. The average molecular weight is 533 g/mol. The molecule has 1 aliphatic carbocycles. The van der Waals surface area contributed by atoms with Crippen LogP contribution >= 0.6 is 11.3 Å². The molecule has 9 heteroatoms. The van der Waals surface area contributed by atoms with Crippen LogP contribution in [0.1, 0.15) is 42.3 Å². The topological polar surface area (TPSA) is 86.0 Å². The summed E-state index contributed by atoms with van der Waals surface area (Å²) in [5, 5.41) is 4.60. The van der Waals surface area contributed by atoms with Gasteiger partial charge in [-0.05, 0) is 49.3 Å². The summed E-state index contributed by atoms with van der Waals surface area (Å²) in [4.78, 5) is 33.9. The minimum Gasteiger partial charge on any atom is -0.465 e. The Morgan fingerprint density at radius 3 is 2.50 bits per heavy atom. The summed E-state index contributed by atoms with van der Waals surface area (Å²) in [5.41, 5.74) is 4.12. The molecule has 1 amide bonds. The highest BCUT2D eigenvalue weighted by molar-refractivity contribution is 7.18. The molecule has 0 aliphatic heterocycles. The monoisotopic (exact) mass is 532 g/mol. The maximum absolute atomic E-state index is 13.7. The van der Waals surface area contributed by atoms with Crippen LogP contribution in [0, 0.1) is 11.8 Å². The summed E-state index contributed by atoms with van der Waals surface area (Å²) < 4.78 is 12.2. The molecule has 0 bridgehead atoms. The van der Waals surface area contributed by atoms with Crippen LogP contribution < -0.4 is 4.90 Å². The molecule has 3 aromatic heterocycles. The van der Waals surface area contributed by atoms with Gasteiger partial charge in [-0.2, -0.15) is 5.10 Å². The number of esters is 1. The molecule has 38 heavy (non-hydrogen) atoms. The van der Waals surface area contributed by atoms with Crippen molar-refractivity contribution in [2.75, 3.05) is 32.3 Å². The first-order valence-corrected chi connectivity index (χ1v) is 13.7. The van der Waals surface area contributed by atoms with Gasteiger partial charge in [-0.15, -0.1) is 11.3 Å². The second-order valence-electron chi connectivity index (χ2n) is 9.79. The molecule has 5 rings (SSSR count). The van der Waals surface area contributed by atoms with E-state index in [0.29, 0.717) is 29.6 Å². The van der Waals surface area contributed by atoms with E-state index in [9.17, 15) is 9.59 Å². The summed E-state index contributed by atoms with van der Waals surface area (Å²) in [6.45, 7) is 2.99. The van der Waals surface area contributed by atoms with Crippen molar-refractivity contribution in [1.82, 2.24) is 14.6 Å². The first-order valence-electron chi connectivity index (χ1n) is 12.9. The lowest BCUT2D eigenvalue weighted by Crippen LogP contribution is -2.40. The molecule has 198 valence electrons. The third kappa shape index (κ3) is 5.35. The first-order chi connectivity index (χ1) is 18.5. The molecule has 0 atom stereocenters. The van der Waals surface area contributed by atoms with Crippen molar-refractivity contribution < 1.29 is 19.1 Å². The van der Waals surface area contributed by atoms with Gasteiger partial charge in [0.1, 0.15) is 4.88 Å². The van der Waals surface area contributed by atoms with Crippen LogP contribution in [0.2, 0.25) is 0 Å². The molecule has 0 N–H and O–H groups in total. The summed E-state index contributed by atoms with van der Waals surface area (Å²) in [7, 11) is 2.99. The number of aromatic nitrogens is 3. The lowest BCUT2D eigenvalue weighted by molar-refractivity contribution is -0.123. The van der Waals surface area contributed by atoms with E-state index in [1.54, 1.807) is 22.7 Å². The second kappa shape index (κ2) is 11.4. The number of anilines is 1. The van der Waals surface area contributed by atoms with E-state index in [1.165, 1.54) is 18.4 Å². The summed E-state index contributed by atoms with van der Waals surface area (Å²) >= 11 is 1.34. The molecule has 1 fully saturated rings. The smallest absolute Gasteiger partial charge is 0.350 e. The number of rotatable bonds is 8. The van der Waals surface area contributed by atoms with Gasteiger partial charge in [0.25, 0.3) is 0 Å². The van der Waals surface area contributed by atoms with E-state index in [4.69, 9.17) is 9.47 Å². The van der Waals surface area contributed by atoms with Crippen molar-refractivity contribution in [3.63, 3.8) is 0 Å². The minimum absolute atomic E-state index is 0.0453. The third-order valence-corrected chi connectivity index (χ3v) is 8.38. The van der Waals surface area contributed by atoms with Crippen molar-refractivity contribution in [1.29, 1.82) is 0 Å². The number of benzene rings is 1. The predicted molar refractivity (Wildman–Crippen MR) is 148 cm³/mol. The molecule has 0 radical (unpaired) electrons. The van der Waals surface area contributed by atoms with Crippen molar-refractivity contribution in [3.8, 4) is 21.7 Å². The van der Waals surface area contributed by atoms with Gasteiger partial charge < -0.3 is 14.4 Å². The predicted octanol–water partition coefficient (Wildman–Crippen LogP) is 5.72. The van der Waals surface area contributed by atoms with Gasteiger partial charge in [0, 0.05) is 48.5 Å².